The van der Waals surface area contributed by atoms with Gasteiger partial charge in [0.05, 0.1) is 0 Å². The van der Waals surface area contributed by atoms with Gasteiger partial charge in [0.15, 0.2) is 11.6 Å². The van der Waals surface area contributed by atoms with Crippen LogP contribution in [0.15, 0.2) is 12.1 Å². The first kappa shape index (κ1) is 13.2. The van der Waals surface area contributed by atoms with Crippen LogP contribution in [-0.2, 0) is 0 Å². The molecule has 0 heterocycles. The van der Waals surface area contributed by atoms with Crippen molar-refractivity contribution < 1.29 is 13.2 Å². The summed E-state index contributed by atoms with van der Waals surface area (Å²) in [6.07, 6.45) is 1.86. The average molecular weight is 257 g/mol. The molecule has 0 spiro atoms. The van der Waals surface area contributed by atoms with Crippen LogP contribution >= 0.6 is 0 Å². The van der Waals surface area contributed by atoms with Gasteiger partial charge >= 0.3 is 0 Å². The van der Waals surface area contributed by atoms with Gasteiger partial charge < -0.3 is 5.32 Å². The molecule has 2 atom stereocenters. The van der Waals surface area contributed by atoms with E-state index in [-0.39, 0.29) is 17.1 Å². The lowest BCUT2D eigenvalue weighted by molar-refractivity contribution is 0.366. The van der Waals surface area contributed by atoms with Crippen molar-refractivity contribution in [3.05, 3.63) is 29.6 Å². The van der Waals surface area contributed by atoms with Crippen molar-refractivity contribution >= 4 is 5.69 Å². The van der Waals surface area contributed by atoms with Gasteiger partial charge in [0.1, 0.15) is 11.5 Å². The zero-order chi connectivity index (χ0) is 13.5. The van der Waals surface area contributed by atoms with Gasteiger partial charge in [-0.2, -0.15) is 0 Å². The number of anilines is 1. The van der Waals surface area contributed by atoms with Crippen molar-refractivity contribution in [1.82, 2.24) is 0 Å². The van der Waals surface area contributed by atoms with E-state index in [4.69, 9.17) is 0 Å². The molecular weight excluding hydrogens is 239 g/mol. The molecule has 0 amide bonds. The van der Waals surface area contributed by atoms with Crippen LogP contribution in [0, 0.1) is 28.8 Å². The van der Waals surface area contributed by atoms with E-state index < -0.39 is 17.5 Å². The van der Waals surface area contributed by atoms with Crippen LogP contribution in [0.3, 0.4) is 0 Å². The lowest BCUT2D eigenvalue weighted by Crippen LogP contribution is -2.24. The summed E-state index contributed by atoms with van der Waals surface area (Å²) in [5, 5.41) is 2.89. The summed E-state index contributed by atoms with van der Waals surface area (Å²) in [5.74, 6) is -2.30. The van der Waals surface area contributed by atoms with Gasteiger partial charge in [0, 0.05) is 18.2 Å². The quantitative estimate of drug-likeness (QED) is 0.831. The Morgan fingerprint density at radius 3 is 2.11 bits per heavy atom. The summed E-state index contributed by atoms with van der Waals surface area (Å²) in [7, 11) is 0. The van der Waals surface area contributed by atoms with E-state index in [0.717, 1.165) is 12.8 Å². The van der Waals surface area contributed by atoms with Crippen molar-refractivity contribution in [3.63, 3.8) is 0 Å². The number of nitrogens with one attached hydrogen (secondary N) is 1. The van der Waals surface area contributed by atoms with Crippen molar-refractivity contribution in [2.75, 3.05) is 5.32 Å². The molecule has 1 saturated carbocycles. The SMILES string of the molecule is CC1CC(C)(C)CC1Nc1c(F)cc(F)cc1F. The fourth-order valence-electron chi connectivity index (χ4n) is 2.95. The van der Waals surface area contributed by atoms with Crippen molar-refractivity contribution in [2.45, 2.75) is 39.7 Å². The number of halogens is 3. The molecule has 1 N–H and O–H groups in total. The third-order valence-corrected chi connectivity index (χ3v) is 3.67. The zero-order valence-corrected chi connectivity index (χ0v) is 10.9. The fourth-order valence-corrected chi connectivity index (χ4v) is 2.95. The van der Waals surface area contributed by atoms with E-state index in [0.29, 0.717) is 18.1 Å². The van der Waals surface area contributed by atoms with Gasteiger partial charge in [-0.25, -0.2) is 13.2 Å². The minimum absolute atomic E-state index is 0.0226. The van der Waals surface area contributed by atoms with Gasteiger partial charge in [-0.15, -0.1) is 0 Å². The second-order valence-electron chi connectivity index (χ2n) is 6.05. The first-order chi connectivity index (χ1) is 8.28. The van der Waals surface area contributed by atoms with Crippen LogP contribution in [0.5, 0.6) is 0 Å². The number of rotatable bonds is 2. The Hall–Kier alpha value is -1.19. The van der Waals surface area contributed by atoms with E-state index in [1.807, 2.05) is 0 Å². The molecule has 0 aromatic heterocycles. The highest BCUT2D eigenvalue weighted by molar-refractivity contribution is 5.47. The Bertz CT molecular complexity index is 433. The lowest BCUT2D eigenvalue weighted by Gasteiger charge is -2.20. The van der Waals surface area contributed by atoms with Gasteiger partial charge in [-0.1, -0.05) is 20.8 Å². The number of hydrogen-bond donors (Lipinski definition) is 1. The summed E-state index contributed by atoms with van der Waals surface area (Å²) >= 11 is 0. The third-order valence-electron chi connectivity index (χ3n) is 3.67. The first-order valence-corrected chi connectivity index (χ1v) is 6.19. The highest BCUT2D eigenvalue weighted by Crippen LogP contribution is 2.42. The Morgan fingerprint density at radius 1 is 1.11 bits per heavy atom. The Morgan fingerprint density at radius 2 is 1.67 bits per heavy atom. The molecule has 0 radical (unpaired) electrons. The second kappa shape index (κ2) is 4.48. The molecular formula is C14H18F3N. The maximum atomic E-state index is 13.5. The molecule has 18 heavy (non-hydrogen) atoms. The standard InChI is InChI=1S/C14H18F3N/c1-8-6-14(2,3)7-12(8)18-13-10(16)4-9(15)5-11(13)17/h4-5,8,12,18H,6-7H2,1-3H3. The largest absolute Gasteiger partial charge is 0.377 e. The third kappa shape index (κ3) is 2.62. The smallest absolute Gasteiger partial charge is 0.152 e. The Labute approximate surface area is 105 Å². The number of benzene rings is 1. The van der Waals surface area contributed by atoms with Crippen molar-refractivity contribution in [2.24, 2.45) is 11.3 Å². The maximum Gasteiger partial charge on any atom is 0.152 e. The predicted octanol–water partition coefficient (Wildman–Crippen LogP) is 4.34. The van der Waals surface area contributed by atoms with E-state index in [1.54, 1.807) is 0 Å². The predicted molar refractivity (Wildman–Crippen MR) is 65.9 cm³/mol. The van der Waals surface area contributed by atoms with Gasteiger partial charge in [-0.3, -0.25) is 0 Å². The topological polar surface area (TPSA) is 12.0 Å². The lowest BCUT2D eigenvalue weighted by atomic mass is 9.91. The molecule has 0 saturated heterocycles. The minimum Gasteiger partial charge on any atom is -0.377 e. The highest BCUT2D eigenvalue weighted by atomic mass is 19.1. The Balaban J connectivity index is 2.20. The molecule has 0 bridgehead atoms. The van der Waals surface area contributed by atoms with E-state index in [1.165, 1.54) is 0 Å². The fraction of sp³-hybridized carbons (Fsp3) is 0.571. The first-order valence-electron chi connectivity index (χ1n) is 6.19. The highest BCUT2D eigenvalue weighted by Gasteiger charge is 2.37. The molecule has 100 valence electrons. The van der Waals surface area contributed by atoms with E-state index >= 15 is 0 Å². The summed E-state index contributed by atoms with van der Waals surface area (Å²) in [6.45, 7) is 6.34. The Kier molecular flexibility index (Phi) is 3.30. The van der Waals surface area contributed by atoms with Crippen LogP contribution in [0.1, 0.15) is 33.6 Å². The second-order valence-corrected chi connectivity index (χ2v) is 6.05. The van der Waals surface area contributed by atoms with Crippen LogP contribution in [0.25, 0.3) is 0 Å². The molecule has 1 nitrogen and oxygen atoms in total. The average Bonchev–Trinajstić information content (AvgIpc) is 2.45. The maximum absolute atomic E-state index is 13.5. The van der Waals surface area contributed by atoms with Crippen LogP contribution in [-0.4, -0.2) is 6.04 Å². The van der Waals surface area contributed by atoms with Crippen molar-refractivity contribution in [1.29, 1.82) is 0 Å². The van der Waals surface area contributed by atoms with E-state index in [9.17, 15) is 13.2 Å². The summed E-state index contributed by atoms with van der Waals surface area (Å²) in [4.78, 5) is 0. The minimum atomic E-state index is -0.893. The van der Waals surface area contributed by atoms with Gasteiger partial charge in [0.25, 0.3) is 0 Å². The molecule has 2 rings (SSSR count). The van der Waals surface area contributed by atoms with Gasteiger partial charge in [0.2, 0.25) is 0 Å². The molecule has 1 fully saturated rings. The summed E-state index contributed by atoms with van der Waals surface area (Å²) in [6, 6.07) is 1.43. The van der Waals surface area contributed by atoms with Crippen LogP contribution in [0.2, 0.25) is 0 Å². The monoisotopic (exact) mass is 257 g/mol. The zero-order valence-electron chi connectivity index (χ0n) is 10.9. The van der Waals surface area contributed by atoms with Crippen LogP contribution in [0.4, 0.5) is 18.9 Å². The normalized spacial score (nSPS) is 26.3. The molecule has 1 aliphatic rings. The summed E-state index contributed by atoms with van der Waals surface area (Å²) < 4.78 is 39.9. The van der Waals surface area contributed by atoms with Crippen LogP contribution < -0.4 is 5.32 Å². The van der Waals surface area contributed by atoms with Gasteiger partial charge in [-0.05, 0) is 24.2 Å². The summed E-state index contributed by atoms with van der Waals surface area (Å²) in [5.41, 5.74) is -0.0460. The molecule has 1 aromatic rings. The molecule has 0 aliphatic heterocycles. The molecule has 4 heteroatoms. The molecule has 1 aliphatic carbocycles. The molecule has 2 unspecified atom stereocenters. The number of hydrogen-bond acceptors (Lipinski definition) is 1. The van der Waals surface area contributed by atoms with Crippen molar-refractivity contribution in [3.8, 4) is 0 Å². The molecule has 1 aromatic carbocycles. The van der Waals surface area contributed by atoms with E-state index in [2.05, 4.69) is 26.1 Å².